The molecule has 0 amide bonds. The Morgan fingerprint density at radius 2 is 1.84 bits per heavy atom. The zero-order valence-corrected chi connectivity index (χ0v) is 13.1. The number of rotatable bonds is 3. The zero-order chi connectivity index (χ0) is 14.0. The van der Waals surface area contributed by atoms with Crippen LogP contribution >= 0.6 is 34.2 Å². The van der Waals surface area contributed by atoms with E-state index in [9.17, 15) is 12.8 Å². The summed E-state index contributed by atoms with van der Waals surface area (Å²) >= 11 is 7.59. The van der Waals surface area contributed by atoms with E-state index in [1.807, 2.05) is 22.6 Å². The number of para-hydroxylation sites is 1. The van der Waals surface area contributed by atoms with E-state index >= 15 is 0 Å². The summed E-state index contributed by atoms with van der Waals surface area (Å²) in [5.74, 6) is -0.883. The van der Waals surface area contributed by atoms with Crippen LogP contribution in [0.2, 0.25) is 5.02 Å². The third kappa shape index (κ3) is 3.37. The van der Waals surface area contributed by atoms with E-state index in [0.717, 1.165) is 15.7 Å². The molecule has 0 fully saturated rings. The van der Waals surface area contributed by atoms with Crippen molar-refractivity contribution in [1.29, 1.82) is 0 Å². The summed E-state index contributed by atoms with van der Waals surface area (Å²) < 4.78 is 40.9. The fourth-order valence-electron chi connectivity index (χ4n) is 1.44. The van der Waals surface area contributed by atoms with Gasteiger partial charge < -0.3 is 0 Å². The van der Waals surface area contributed by atoms with Crippen LogP contribution < -0.4 is 4.72 Å². The molecule has 0 aromatic heterocycles. The summed E-state index contributed by atoms with van der Waals surface area (Å²) in [7, 11) is -3.97. The number of sulfonamides is 1. The molecule has 0 spiro atoms. The molecule has 0 bridgehead atoms. The molecule has 3 nitrogen and oxygen atoms in total. The van der Waals surface area contributed by atoms with Crippen molar-refractivity contribution < 1.29 is 12.8 Å². The van der Waals surface area contributed by atoms with Gasteiger partial charge in [0.05, 0.1) is 5.69 Å². The van der Waals surface area contributed by atoms with Gasteiger partial charge in [-0.15, -0.1) is 0 Å². The molecule has 0 aliphatic rings. The first-order chi connectivity index (χ1) is 8.90. The zero-order valence-electron chi connectivity index (χ0n) is 9.40. The number of hydrogen-bond donors (Lipinski definition) is 1. The Kier molecular flexibility index (Phi) is 4.32. The standard InChI is InChI=1S/C12H8ClFINO2S/c13-8-5-6-12(9(14)7-8)19(17,18)16-11-4-2-1-3-10(11)15/h1-7,16H. The van der Waals surface area contributed by atoms with Crippen LogP contribution in [0.15, 0.2) is 47.4 Å². The molecule has 0 saturated heterocycles. The molecule has 1 N–H and O–H groups in total. The summed E-state index contributed by atoms with van der Waals surface area (Å²) in [5.41, 5.74) is 0.400. The molecule has 2 aromatic rings. The Morgan fingerprint density at radius 1 is 1.16 bits per heavy atom. The lowest BCUT2D eigenvalue weighted by Gasteiger charge is -2.10. The summed E-state index contributed by atoms with van der Waals surface area (Å²) in [5, 5.41) is 0.144. The maximum absolute atomic E-state index is 13.6. The molecule has 0 aliphatic carbocycles. The minimum atomic E-state index is -3.97. The predicted octanol–water partition coefficient (Wildman–Crippen LogP) is 3.88. The lowest BCUT2D eigenvalue weighted by atomic mass is 10.3. The third-order valence-corrected chi connectivity index (χ3v) is 4.88. The quantitative estimate of drug-likeness (QED) is 0.779. The normalized spacial score (nSPS) is 11.3. The first-order valence-electron chi connectivity index (χ1n) is 5.12. The van der Waals surface area contributed by atoms with Gasteiger partial charge in [0.2, 0.25) is 0 Å². The van der Waals surface area contributed by atoms with E-state index in [1.165, 1.54) is 6.07 Å². The second kappa shape index (κ2) is 5.64. The average molecular weight is 412 g/mol. The largest absolute Gasteiger partial charge is 0.278 e. The Labute approximate surface area is 129 Å². The van der Waals surface area contributed by atoms with Crippen molar-refractivity contribution in [2.75, 3.05) is 4.72 Å². The van der Waals surface area contributed by atoms with Crippen LogP contribution in [-0.2, 0) is 10.0 Å². The van der Waals surface area contributed by atoms with E-state index in [1.54, 1.807) is 24.3 Å². The van der Waals surface area contributed by atoms with Crippen molar-refractivity contribution in [2.45, 2.75) is 4.90 Å². The van der Waals surface area contributed by atoms with Crippen LogP contribution in [0.1, 0.15) is 0 Å². The lowest BCUT2D eigenvalue weighted by molar-refractivity contribution is 0.570. The molecule has 0 unspecified atom stereocenters. The van der Waals surface area contributed by atoms with Gasteiger partial charge in [-0.1, -0.05) is 23.7 Å². The minimum Gasteiger partial charge on any atom is -0.278 e. The van der Waals surface area contributed by atoms with Crippen LogP contribution in [0.5, 0.6) is 0 Å². The number of benzene rings is 2. The molecule has 2 aromatic carbocycles. The number of nitrogens with one attached hydrogen (secondary N) is 1. The van der Waals surface area contributed by atoms with Crippen LogP contribution in [0.3, 0.4) is 0 Å². The topological polar surface area (TPSA) is 46.2 Å². The highest BCUT2D eigenvalue weighted by Crippen LogP contribution is 2.24. The first-order valence-corrected chi connectivity index (χ1v) is 8.06. The molecule has 0 heterocycles. The molecule has 7 heteroatoms. The van der Waals surface area contributed by atoms with Gasteiger partial charge in [0, 0.05) is 8.59 Å². The van der Waals surface area contributed by atoms with Gasteiger partial charge in [0.25, 0.3) is 10.0 Å². The maximum Gasteiger partial charge on any atom is 0.264 e. The summed E-state index contributed by atoms with van der Waals surface area (Å²) in [6.07, 6.45) is 0. The van der Waals surface area contributed by atoms with Crippen molar-refractivity contribution in [3.63, 3.8) is 0 Å². The summed E-state index contributed by atoms with van der Waals surface area (Å²) in [6.45, 7) is 0. The molecule has 0 radical (unpaired) electrons. The SMILES string of the molecule is O=S(=O)(Nc1ccccc1I)c1ccc(Cl)cc1F. The molecular formula is C12H8ClFINO2S. The summed E-state index contributed by atoms with van der Waals surface area (Å²) in [6, 6.07) is 10.3. The highest BCUT2D eigenvalue weighted by atomic mass is 127. The van der Waals surface area contributed by atoms with Crippen molar-refractivity contribution in [1.82, 2.24) is 0 Å². The minimum absolute atomic E-state index is 0.144. The monoisotopic (exact) mass is 411 g/mol. The summed E-state index contributed by atoms with van der Waals surface area (Å²) in [4.78, 5) is -0.434. The molecule has 2 rings (SSSR count). The van der Waals surface area contributed by atoms with Gasteiger partial charge in [0.15, 0.2) is 0 Å². The Morgan fingerprint density at radius 3 is 2.47 bits per heavy atom. The van der Waals surface area contributed by atoms with Crippen molar-refractivity contribution in [3.8, 4) is 0 Å². The fourth-order valence-corrected chi connectivity index (χ4v) is 3.44. The van der Waals surface area contributed by atoms with Crippen molar-refractivity contribution in [2.24, 2.45) is 0 Å². The van der Waals surface area contributed by atoms with Gasteiger partial charge in [-0.2, -0.15) is 0 Å². The highest BCUT2D eigenvalue weighted by molar-refractivity contribution is 14.1. The smallest absolute Gasteiger partial charge is 0.264 e. The number of anilines is 1. The predicted molar refractivity (Wildman–Crippen MR) is 81.4 cm³/mol. The Bertz CT molecular complexity index is 721. The van der Waals surface area contributed by atoms with Gasteiger partial charge in [-0.05, 0) is 52.9 Å². The van der Waals surface area contributed by atoms with E-state index in [4.69, 9.17) is 11.6 Å². The van der Waals surface area contributed by atoms with E-state index in [2.05, 4.69) is 4.72 Å². The van der Waals surface area contributed by atoms with E-state index in [0.29, 0.717) is 5.69 Å². The second-order valence-corrected chi connectivity index (χ2v) is 6.91. The van der Waals surface area contributed by atoms with Gasteiger partial charge in [0.1, 0.15) is 10.7 Å². The molecule has 19 heavy (non-hydrogen) atoms. The number of hydrogen-bond acceptors (Lipinski definition) is 2. The average Bonchev–Trinajstić information content (AvgIpc) is 2.31. The van der Waals surface area contributed by atoms with E-state index < -0.39 is 20.7 Å². The third-order valence-electron chi connectivity index (χ3n) is 2.30. The number of halogens is 3. The molecule has 0 aliphatic heterocycles. The molecule has 0 saturated carbocycles. The Hall–Kier alpha value is -0.860. The second-order valence-electron chi connectivity index (χ2n) is 3.66. The first kappa shape index (κ1) is 14.5. The van der Waals surface area contributed by atoms with Crippen LogP contribution in [0.4, 0.5) is 10.1 Å². The lowest BCUT2D eigenvalue weighted by Crippen LogP contribution is -2.15. The van der Waals surface area contributed by atoms with Gasteiger partial charge >= 0.3 is 0 Å². The molecular weight excluding hydrogens is 404 g/mol. The van der Waals surface area contributed by atoms with Crippen LogP contribution in [-0.4, -0.2) is 8.42 Å². The fraction of sp³-hybridized carbons (Fsp3) is 0. The van der Waals surface area contributed by atoms with Gasteiger partial charge in [-0.3, -0.25) is 4.72 Å². The van der Waals surface area contributed by atoms with Crippen LogP contribution in [0, 0.1) is 9.39 Å². The van der Waals surface area contributed by atoms with Gasteiger partial charge in [-0.25, -0.2) is 12.8 Å². The van der Waals surface area contributed by atoms with Crippen molar-refractivity contribution >= 4 is 49.9 Å². The Balaban J connectivity index is 2.41. The van der Waals surface area contributed by atoms with Crippen molar-refractivity contribution in [3.05, 3.63) is 56.9 Å². The van der Waals surface area contributed by atoms with E-state index in [-0.39, 0.29) is 5.02 Å². The van der Waals surface area contributed by atoms with Crippen LogP contribution in [0.25, 0.3) is 0 Å². The highest BCUT2D eigenvalue weighted by Gasteiger charge is 2.20. The molecule has 0 atom stereocenters. The molecule has 100 valence electrons. The maximum atomic E-state index is 13.6.